The molecule has 0 aliphatic carbocycles. The van der Waals surface area contributed by atoms with Gasteiger partial charge in [-0.25, -0.2) is 18.5 Å². The van der Waals surface area contributed by atoms with Crippen molar-refractivity contribution in [2.24, 2.45) is 5.14 Å². The number of sulfonamides is 1. The van der Waals surface area contributed by atoms with E-state index in [0.29, 0.717) is 0 Å². The van der Waals surface area contributed by atoms with Gasteiger partial charge in [0.1, 0.15) is 0 Å². The lowest BCUT2D eigenvalue weighted by atomic mass is 10.2. The molecule has 1 heterocycles. The molecule has 12 heavy (non-hydrogen) atoms. The second-order valence-corrected chi connectivity index (χ2v) is 5.57. The molecule has 1 rings (SSSR count). The molecule has 0 amide bonds. The zero-order chi connectivity index (χ0) is 9.35. The zero-order valence-electron chi connectivity index (χ0n) is 6.81. The van der Waals surface area contributed by atoms with Crippen molar-refractivity contribution in [3.63, 3.8) is 0 Å². The molecular formula is C6H10N2O2S2. The molecule has 0 saturated carbocycles. The van der Waals surface area contributed by atoms with Crippen LogP contribution in [0.15, 0.2) is 10.4 Å². The predicted octanol–water partition coefficient (Wildman–Crippen LogP) is 0.914. The summed E-state index contributed by atoms with van der Waals surface area (Å²) < 4.78 is 21.8. The number of aromatic nitrogens is 1. The van der Waals surface area contributed by atoms with Crippen LogP contribution in [0, 0.1) is 0 Å². The second kappa shape index (κ2) is 3.12. The third-order valence-corrected chi connectivity index (χ3v) is 3.98. The van der Waals surface area contributed by atoms with Crippen LogP contribution in [0.25, 0.3) is 0 Å². The summed E-state index contributed by atoms with van der Waals surface area (Å²) in [5, 5.41) is 5.70. The Balaban J connectivity index is 3.09. The van der Waals surface area contributed by atoms with Gasteiger partial charge in [-0.3, -0.25) is 0 Å². The van der Waals surface area contributed by atoms with E-state index in [4.69, 9.17) is 5.14 Å². The lowest BCUT2D eigenvalue weighted by Gasteiger charge is -1.95. The Bertz CT molecular complexity index is 367. The summed E-state index contributed by atoms with van der Waals surface area (Å²) >= 11 is 1.12. The first-order chi connectivity index (χ1) is 5.41. The summed E-state index contributed by atoms with van der Waals surface area (Å²) in [6, 6.07) is 0. The fourth-order valence-corrected chi connectivity index (χ4v) is 2.24. The van der Waals surface area contributed by atoms with Gasteiger partial charge in [-0.15, -0.1) is 11.3 Å². The standard InChI is InChI=1S/C6H10N2O2S2/c1-4(2)6-8-3-5(11-6)12(7,9)10/h3-4H,1-2H3,(H2,7,9,10). The van der Waals surface area contributed by atoms with Crippen molar-refractivity contribution in [3.8, 4) is 0 Å². The summed E-state index contributed by atoms with van der Waals surface area (Å²) in [4.78, 5) is 3.94. The highest BCUT2D eigenvalue weighted by atomic mass is 32.2. The maximum atomic E-state index is 10.8. The number of nitrogens with two attached hydrogens (primary N) is 1. The molecule has 0 atom stereocenters. The van der Waals surface area contributed by atoms with Gasteiger partial charge in [0.15, 0.2) is 4.21 Å². The summed E-state index contributed by atoms with van der Waals surface area (Å²) in [5.74, 6) is 0.241. The van der Waals surface area contributed by atoms with Crippen LogP contribution in [0.1, 0.15) is 24.8 Å². The normalized spacial score (nSPS) is 12.3. The predicted molar refractivity (Wildman–Crippen MR) is 47.6 cm³/mol. The van der Waals surface area contributed by atoms with E-state index in [9.17, 15) is 8.42 Å². The molecule has 1 aromatic heterocycles. The van der Waals surface area contributed by atoms with E-state index in [1.165, 1.54) is 6.20 Å². The number of rotatable bonds is 2. The molecule has 0 aliphatic heterocycles. The highest BCUT2D eigenvalue weighted by molar-refractivity contribution is 7.91. The third kappa shape index (κ3) is 2.02. The van der Waals surface area contributed by atoms with E-state index < -0.39 is 10.0 Å². The van der Waals surface area contributed by atoms with Gasteiger partial charge in [0, 0.05) is 5.92 Å². The number of thiazole rings is 1. The summed E-state index contributed by atoms with van der Waals surface area (Å²) in [5.41, 5.74) is 0. The maximum Gasteiger partial charge on any atom is 0.249 e. The van der Waals surface area contributed by atoms with E-state index in [1.807, 2.05) is 13.8 Å². The van der Waals surface area contributed by atoms with Crippen molar-refractivity contribution in [2.45, 2.75) is 24.0 Å². The van der Waals surface area contributed by atoms with Crippen LogP contribution in [0.4, 0.5) is 0 Å². The van der Waals surface area contributed by atoms with Gasteiger partial charge in [-0.2, -0.15) is 0 Å². The van der Waals surface area contributed by atoms with Crippen molar-refractivity contribution >= 4 is 21.4 Å². The van der Waals surface area contributed by atoms with Crippen molar-refractivity contribution < 1.29 is 8.42 Å². The van der Waals surface area contributed by atoms with Gasteiger partial charge >= 0.3 is 0 Å². The van der Waals surface area contributed by atoms with Gasteiger partial charge < -0.3 is 0 Å². The molecule has 0 fully saturated rings. The molecule has 1 aromatic rings. The topological polar surface area (TPSA) is 73.0 Å². The Hall–Kier alpha value is -0.460. The molecule has 0 radical (unpaired) electrons. The van der Waals surface area contributed by atoms with Gasteiger partial charge in [0.05, 0.1) is 11.2 Å². The fourth-order valence-electron chi connectivity index (χ4n) is 0.671. The van der Waals surface area contributed by atoms with E-state index in [2.05, 4.69) is 4.98 Å². The van der Waals surface area contributed by atoms with Gasteiger partial charge in [0.25, 0.3) is 0 Å². The summed E-state index contributed by atoms with van der Waals surface area (Å²) in [6.07, 6.45) is 1.30. The lowest BCUT2D eigenvalue weighted by molar-refractivity contribution is 0.599. The van der Waals surface area contributed by atoms with Crippen LogP contribution in [0.5, 0.6) is 0 Å². The Kier molecular flexibility index (Phi) is 2.50. The smallest absolute Gasteiger partial charge is 0.248 e. The molecule has 0 aromatic carbocycles. The zero-order valence-corrected chi connectivity index (χ0v) is 8.45. The molecule has 0 saturated heterocycles. The second-order valence-electron chi connectivity index (χ2n) is 2.72. The summed E-state index contributed by atoms with van der Waals surface area (Å²) in [6.45, 7) is 3.90. The average molecular weight is 206 g/mol. The maximum absolute atomic E-state index is 10.8. The van der Waals surface area contributed by atoms with E-state index in [0.717, 1.165) is 16.3 Å². The minimum absolute atomic E-state index is 0.131. The highest BCUT2D eigenvalue weighted by Crippen LogP contribution is 2.23. The van der Waals surface area contributed by atoms with E-state index in [1.54, 1.807) is 0 Å². The van der Waals surface area contributed by atoms with Crippen molar-refractivity contribution in [3.05, 3.63) is 11.2 Å². The number of primary sulfonamides is 1. The minimum Gasteiger partial charge on any atom is -0.248 e. The quantitative estimate of drug-likeness (QED) is 0.781. The van der Waals surface area contributed by atoms with Crippen molar-refractivity contribution in [2.75, 3.05) is 0 Å². The first-order valence-electron chi connectivity index (χ1n) is 3.40. The fraction of sp³-hybridized carbons (Fsp3) is 0.500. The van der Waals surface area contributed by atoms with Crippen LogP contribution < -0.4 is 5.14 Å². The lowest BCUT2D eigenvalue weighted by Crippen LogP contribution is -2.09. The monoisotopic (exact) mass is 206 g/mol. The summed E-state index contributed by atoms with van der Waals surface area (Å²) in [7, 11) is -3.56. The Labute approximate surface area is 75.5 Å². The molecule has 0 unspecified atom stereocenters. The number of hydrogen-bond acceptors (Lipinski definition) is 4. The Morgan fingerprint density at radius 3 is 2.42 bits per heavy atom. The third-order valence-electron chi connectivity index (χ3n) is 1.28. The van der Waals surface area contributed by atoms with Crippen molar-refractivity contribution in [1.82, 2.24) is 4.98 Å². The largest absolute Gasteiger partial charge is 0.249 e. The van der Waals surface area contributed by atoms with Gasteiger partial charge in [0.2, 0.25) is 10.0 Å². The molecule has 0 aliphatic rings. The first-order valence-corrected chi connectivity index (χ1v) is 5.76. The molecular weight excluding hydrogens is 196 g/mol. The Morgan fingerprint density at radius 1 is 1.58 bits per heavy atom. The SMILES string of the molecule is CC(C)c1ncc(S(N)(=O)=O)s1. The average Bonchev–Trinajstić information content (AvgIpc) is 2.30. The molecule has 0 spiro atoms. The van der Waals surface area contributed by atoms with E-state index in [-0.39, 0.29) is 10.1 Å². The number of hydrogen-bond donors (Lipinski definition) is 1. The van der Waals surface area contributed by atoms with Crippen LogP contribution in [-0.2, 0) is 10.0 Å². The Morgan fingerprint density at radius 2 is 2.17 bits per heavy atom. The molecule has 2 N–H and O–H groups in total. The molecule has 0 bridgehead atoms. The van der Waals surface area contributed by atoms with Crippen molar-refractivity contribution in [1.29, 1.82) is 0 Å². The molecule has 68 valence electrons. The molecule has 4 nitrogen and oxygen atoms in total. The first kappa shape index (κ1) is 9.63. The minimum atomic E-state index is -3.56. The van der Waals surface area contributed by atoms with Crippen LogP contribution in [0.2, 0.25) is 0 Å². The number of nitrogens with zero attached hydrogens (tertiary/aromatic N) is 1. The molecule has 6 heteroatoms. The highest BCUT2D eigenvalue weighted by Gasteiger charge is 2.13. The van der Waals surface area contributed by atoms with Crippen LogP contribution in [-0.4, -0.2) is 13.4 Å². The van der Waals surface area contributed by atoms with Crippen LogP contribution in [0.3, 0.4) is 0 Å². The van der Waals surface area contributed by atoms with Gasteiger partial charge in [-0.05, 0) is 0 Å². The van der Waals surface area contributed by atoms with Gasteiger partial charge in [-0.1, -0.05) is 13.8 Å². The van der Waals surface area contributed by atoms with Crippen LogP contribution >= 0.6 is 11.3 Å². The van der Waals surface area contributed by atoms with E-state index >= 15 is 0 Å².